The van der Waals surface area contributed by atoms with Crippen molar-refractivity contribution in [3.8, 4) is 0 Å². The molecule has 4 rings (SSSR count). The van der Waals surface area contributed by atoms with Crippen LogP contribution in [0.25, 0.3) is 0 Å². The quantitative estimate of drug-likeness (QED) is 0.573. The average Bonchev–Trinajstić information content (AvgIpc) is 2.56. The normalized spacial score (nSPS) is 15.7. The number of hydrogen-bond acceptors (Lipinski definition) is 2. The summed E-state index contributed by atoms with van der Waals surface area (Å²) >= 11 is 6.94. The van der Waals surface area contributed by atoms with E-state index in [0.29, 0.717) is 0 Å². The van der Waals surface area contributed by atoms with Crippen molar-refractivity contribution < 1.29 is 0 Å². The van der Waals surface area contributed by atoms with Crippen LogP contribution in [0.1, 0.15) is 24.0 Å². The van der Waals surface area contributed by atoms with E-state index in [2.05, 4.69) is 85.5 Å². The lowest BCUT2D eigenvalue weighted by molar-refractivity contribution is 0.744. The van der Waals surface area contributed by atoms with Crippen LogP contribution in [0.15, 0.2) is 45.3 Å². The Morgan fingerprint density at radius 1 is 0.913 bits per heavy atom. The predicted molar refractivity (Wildman–Crippen MR) is 107 cm³/mol. The van der Waals surface area contributed by atoms with Gasteiger partial charge in [0.2, 0.25) is 0 Å². The van der Waals surface area contributed by atoms with Gasteiger partial charge in [-0.15, -0.1) is 0 Å². The van der Waals surface area contributed by atoms with Crippen LogP contribution in [0.2, 0.25) is 0 Å². The summed E-state index contributed by atoms with van der Waals surface area (Å²) in [5, 5.41) is 3.37. The summed E-state index contributed by atoms with van der Waals surface area (Å²) < 4.78 is 2.33. The second-order valence-electron chi connectivity index (χ2n) is 6.13. The van der Waals surface area contributed by atoms with E-state index < -0.39 is 0 Å². The number of nitrogens with one attached hydrogen (secondary N) is 1. The molecule has 4 heteroatoms. The second kappa shape index (κ2) is 7.71. The molecule has 0 saturated heterocycles. The van der Waals surface area contributed by atoms with Crippen LogP contribution in [0, 0.1) is 0 Å². The summed E-state index contributed by atoms with van der Waals surface area (Å²) in [4.78, 5) is 2.32. The fraction of sp³-hybridized carbons (Fsp3) is 0.368. The number of nitrogens with zero attached hydrogens (tertiary/aromatic N) is 1. The lowest BCUT2D eigenvalue weighted by Crippen LogP contribution is -2.24. The number of halogens is 2. The van der Waals surface area contributed by atoms with E-state index in [1.165, 1.54) is 59.2 Å². The number of benzene rings is 2. The molecule has 0 unspecified atom stereocenters. The maximum Gasteiger partial charge on any atom is 0.0407 e. The van der Waals surface area contributed by atoms with E-state index in [1.54, 1.807) is 0 Å². The Kier molecular flexibility index (Phi) is 5.65. The minimum Gasteiger partial charge on any atom is -0.385 e. The summed E-state index contributed by atoms with van der Waals surface area (Å²) in [6.07, 6.45) is 4.99. The Labute approximate surface area is 155 Å². The molecule has 2 aromatic rings. The Hall–Kier alpha value is -1.000. The standard InChI is InChI=1S/C10H12BrN.C9H10BrN/c1-12-6-2-3-8-4-5-9(11)7-10(8)12;10-8-4-3-7-2-1-5-11-9(7)6-8/h4-5,7H,2-3,6H2,1H3;3-4,6,11H,1-2,5H2. The van der Waals surface area contributed by atoms with E-state index in [0.717, 1.165) is 11.0 Å². The highest BCUT2D eigenvalue weighted by Crippen LogP contribution is 2.28. The van der Waals surface area contributed by atoms with E-state index in [9.17, 15) is 0 Å². The molecule has 0 spiro atoms. The van der Waals surface area contributed by atoms with Crippen molar-refractivity contribution in [3.05, 3.63) is 56.5 Å². The average molecular weight is 438 g/mol. The van der Waals surface area contributed by atoms with Gasteiger partial charge >= 0.3 is 0 Å². The zero-order valence-electron chi connectivity index (χ0n) is 13.4. The first-order valence-electron chi connectivity index (χ1n) is 8.15. The molecule has 2 aromatic carbocycles. The molecule has 2 heterocycles. The molecular weight excluding hydrogens is 416 g/mol. The molecule has 2 aliphatic rings. The van der Waals surface area contributed by atoms with Crippen molar-refractivity contribution in [3.63, 3.8) is 0 Å². The van der Waals surface area contributed by atoms with Crippen LogP contribution in [-0.2, 0) is 12.8 Å². The number of aryl methyl sites for hydroxylation is 2. The third-order valence-corrected chi connectivity index (χ3v) is 5.39. The molecule has 0 fully saturated rings. The van der Waals surface area contributed by atoms with E-state index >= 15 is 0 Å². The highest BCUT2D eigenvalue weighted by molar-refractivity contribution is 9.10. The smallest absolute Gasteiger partial charge is 0.0407 e. The molecule has 0 aromatic heterocycles. The fourth-order valence-corrected chi connectivity index (χ4v) is 3.87. The predicted octanol–water partition coefficient (Wildman–Crippen LogP) is 5.64. The minimum absolute atomic E-state index is 1.11. The molecule has 2 aliphatic heterocycles. The van der Waals surface area contributed by atoms with Crippen molar-refractivity contribution in [1.29, 1.82) is 0 Å². The molecule has 1 N–H and O–H groups in total. The molecule has 0 saturated carbocycles. The van der Waals surface area contributed by atoms with Gasteiger partial charge in [-0.25, -0.2) is 0 Å². The van der Waals surface area contributed by atoms with Crippen LogP contribution in [0.4, 0.5) is 11.4 Å². The molecule has 0 amide bonds. The van der Waals surface area contributed by atoms with Gasteiger partial charge in [-0.05, 0) is 61.1 Å². The lowest BCUT2D eigenvalue weighted by Gasteiger charge is -2.27. The van der Waals surface area contributed by atoms with Crippen molar-refractivity contribution in [2.45, 2.75) is 25.7 Å². The van der Waals surface area contributed by atoms with Gasteiger partial charge < -0.3 is 10.2 Å². The highest BCUT2D eigenvalue weighted by Gasteiger charge is 2.12. The Balaban J connectivity index is 0.000000136. The van der Waals surface area contributed by atoms with Gasteiger partial charge in [-0.2, -0.15) is 0 Å². The third-order valence-electron chi connectivity index (χ3n) is 4.41. The maximum atomic E-state index is 3.49. The fourth-order valence-electron chi connectivity index (χ4n) is 3.16. The van der Waals surface area contributed by atoms with Gasteiger partial charge in [-0.1, -0.05) is 44.0 Å². The van der Waals surface area contributed by atoms with E-state index in [4.69, 9.17) is 0 Å². The van der Waals surface area contributed by atoms with Crippen LogP contribution < -0.4 is 10.2 Å². The van der Waals surface area contributed by atoms with E-state index in [1.807, 2.05) is 0 Å². The van der Waals surface area contributed by atoms with Crippen LogP contribution in [-0.4, -0.2) is 20.1 Å². The van der Waals surface area contributed by atoms with Gasteiger partial charge in [0.25, 0.3) is 0 Å². The minimum atomic E-state index is 1.11. The van der Waals surface area contributed by atoms with Crippen molar-refractivity contribution in [1.82, 2.24) is 0 Å². The second-order valence-corrected chi connectivity index (χ2v) is 7.96. The lowest BCUT2D eigenvalue weighted by atomic mass is 10.0. The molecule has 0 bridgehead atoms. The number of fused-ring (bicyclic) bond motifs is 2. The number of rotatable bonds is 0. The molecule has 2 nitrogen and oxygen atoms in total. The monoisotopic (exact) mass is 436 g/mol. The van der Waals surface area contributed by atoms with Gasteiger partial charge in [-0.3, -0.25) is 0 Å². The SMILES string of the molecule is Brc1ccc2c(c1)NCCC2.CN1CCCc2ccc(Br)cc21. The van der Waals surface area contributed by atoms with Gasteiger partial charge in [0, 0.05) is 40.5 Å². The van der Waals surface area contributed by atoms with Gasteiger partial charge in [0.05, 0.1) is 0 Å². The summed E-state index contributed by atoms with van der Waals surface area (Å²) in [6.45, 7) is 2.30. The Bertz CT molecular complexity index is 685. The van der Waals surface area contributed by atoms with Crippen LogP contribution in [0.5, 0.6) is 0 Å². The van der Waals surface area contributed by atoms with Crippen molar-refractivity contribution in [2.75, 3.05) is 30.4 Å². The molecule has 0 radical (unpaired) electrons. The zero-order chi connectivity index (χ0) is 16.2. The summed E-state index contributed by atoms with van der Waals surface area (Å²) in [6, 6.07) is 13.0. The molecule has 23 heavy (non-hydrogen) atoms. The van der Waals surface area contributed by atoms with Crippen LogP contribution in [0.3, 0.4) is 0 Å². The zero-order valence-corrected chi connectivity index (χ0v) is 16.6. The number of hydrogen-bond donors (Lipinski definition) is 1. The van der Waals surface area contributed by atoms with Crippen molar-refractivity contribution >= 4 is 43.2 Å². The molecule has 122 valence electrons. The Morgan fingerprint density at radius 2 is 1.61 bits per heavy atom. The summed E-state index contributed by atoms with van der Waals surface area (Å²) in [5.74, 6) is 0. The van der Waals surface area contributed by atoms with E-state index in [-0.39, 0.29) is 0 Å². The first-order chi connectivity index (χ1) is 11.1. The Morgan fingerprint density at radius 3 is 2.43 bits per heavy atom. The van der Waals surface area contributed by atoms with Crippen LogP contribution >= 0.6 is 31.9 Å². The molecular formula is C19H22Br2N2. The summed E-state index contributed by atoms with van der Waals surface area (Å²) in [7, 11) is 2.16. The first kappa shape index (κ1) is 16.8. The largest absolute Gasteiger partial charge is 0.385 e. The van der Waals surface area contributed by atoms with Gasteiger partial charge in [0.1, 0.15) is 0 Å². The highest BCUT2D eigenvalue weighted by atomic mass is 79.9. The third kappa shape index (κ3) is 4.30. The van der Waals surface area contributed by atoms with Crippen molar-refractivity contribution in [2.24, 2.45) is 0 Å². The molecule has 0 atom stereocenters. The van der Waals surface area contributed by atoms with Gasteiger partial charge in [0.15, 0.2) is 0 Å². The number of anilines is 2. The maximum absolute atomic E-state index is 3.49. The topological polar surface area (TPSA) is 15.3 Å². The summed E-state index contributed by atoms with van der Waals surface area (Å²) in [5.41, 5.74) is 5.60. The first-order valence-corrected chi connectivity index (χ1v) is 9.74. The molecule has 0 aliphatic carbocycles.